The fourth-order valence-corrected chi connectivity index (χ4v) is 2.77. The second kappa shape index (κ2) is 4.80. The number of rotatable bonds is 4. The first-order chi connectivity index (χ1) is 7.66. The minimum absolute atomic E-state index is 0.0833. The van der Waals surface area contributed by atoms with Crippen LogP contribution in [0, 0.1) is 0 Å². The fourth-order valence-electron chi connectivity index (χ4n) is 1.22. The van der Waals surface area contributed by atoms with Crippen molar-refractivity contribution in [1.29, 1.82) is 0 Å². The first-order valence-corrected chi connectivity index (χ1v) is 6.18. The monoisotopic (exact) mass is 301 g/mol. The van der Waals surface area contributed by atoms with Gasteiger partial charge in [-0.3, -0.25) is 4.79 Å². The molecule has 2 rings (SSSR count). The molecule has 1 N–H and O–H groups in total. The molecular weight excluding hydrogens is 294 g/mol. The molecule has 2 heterocycles. The number of hydrogen-bond acceptors (Lipinski definition) is 4. The number of aliphatic carboxylic acids is 1. The summed E-state index contributed by atoms with van der Waals surface area (Å²) in [6.07, 6.45) is 2.09. The van der Waals surface area contributed by atoms with Gasteiger partial charge in [-0.05, 0) is 28.1 Å². The molecule has 0 aliphatic heterocycles. The third kappa shape index (κ3) is 2.51. The van der Waals surface area contributed by atoms with Crippen LogP contribution in [0.2, 0.25) is 0 Å². The normalized spacial score (nSPS) is 10.6. The summed E-state index contributed by atoms with van der Waals surface area (Å²) < 4.78 is 6.09. The van der Waals surface area contributed by atoms with Gasteiger partial charge in [0.1, 0.15) is 0 Å². The van der Waals surface area contributed by atoms with Crippen LogP contribution in [0.5, 0.6) is 0 Å². The second-order valence-electron chi connectivity index (χ2n) is 3.11. The summed E-state index contributed by atoms with van der Waals surface area (Å²) in [5.74, 6) is -0.119. The summed E-state index contributed by atoms with van der Waals surface area (Å²) in [6.45, 7) is 0. The SMILES string of the molecule is O=C(O)CCc1nc(-c2ccco2)sc1Br. The van der Waals surface area contributed by atoms with Gasteiger partial charge in [0.25, 0.3) is 0 Å². The van der Waals surface area contributed by atoms with Crippen molar-refractivity contribution in [3.05, 3.63) is 27.9 Å². The van der Waals surface area contributed by atoms with Gasteiger partial charge < -0.3 is 9.52 Å². The number of carboxylic acids is 1. The Hall–Kier alpha value is -1.14. The van der Waals surface area contributed by atoms with Gasteiger partial charge in [0.2, 0.25) is 0 Å². The smallest absolute Gasteiger partial charge is 0.303 e. The molecule has 6 heteroatoms. The number of thiazole rings is 1. The van der Waals surface area contributed by atoms with E-state index in [-0.39, 0.29) is 6.42 Å². The van der Waals surface area contributed by atoms with Crippen molar-refractivity contribution >= 4 is 33.2 Å². The quantitative estimate of drug-likeness (QED) is 0.942. The van der Waals surface area contributed by atoms with Crippen LogP contribution < -0.4 is 0 Å². The standard InChI is InChI=1S/C10H8BrNO3S/c11-9-6(3-4-8(13)14)12-10(16-9)7-2-1-5-15-7/h1-2,5H,3-4H2,(H,13,14). The zero-order chi connectivity index (χ0) is 11.5. The van der Waals surface area contributed by atoms with Crippen molar-refractivity contribution in [2.24, 2.45) is 0 Å². The van der Waals surface area contributed by atoms with E-state index in [4.69, 9.17) is 9.52 Å². The molecule has 0 fully saturated rings. The number of hydrogen-bond donors (Lipinski definition) is 1. The molecule has 2 aromatic rings. The molecule has 0 aliphatic carbocycles. The molecule has 0 atom stereocenters. The molecule has 0 aliphatic rings. The maximum Gasteiger partial charge on any atom is 0.303 e. The van der Waals surface area contributed by atoms with Crippen LogP contribution in [-0.4, -0.2) is 16.1 Å². The molecule has 0 spiro atoms. The third-order valence-corrected chi connectivity index (χ3v) is 3.80. The van der Waals surface area contributed by atoms with E-state index in [1.807, 2.05) is 6.07 Å². The van der Waals surface area contributed by atoms with Crippen molar-refractivity contribution in [2.45, 2.75) is 12.8 Å². The van der Waals surface area contributed by atoms with Gasteiger partial charge in [-0.2, -0.15) is 0 Å². The van der Waals surface area contributed by atoms with Crippen molar-refractivity contribution < 1.29 is 14.3 Å². The molecule has 0 unspecified atom stereocenters. The maximum absolute atomic E-state index is 10.5. The van der Waals surface area contributed by atoms with Gasteiger partial charge in [0.05, 0.1) is 22.2 Å². The molecule has 0 aromatic carbocycles. The summed E-state index contributed by atoms with van der Waals surface area (Å²) in [5.41, 5.74) is 0.763. The number of aromatic nitrogens is 1. The predicted octanol–water partition coefficient (Wildman–Crippen LogP) is 3.18. The van der Waals surface area contributed by atoms with E-state index in [0.717, 1.165) is 14.5 Å². The molecule has 0 radical (unpaired) electrons. The van der Waals surface area contributed by atoms with Crippen molar-refractivity contribution in [3.8, 4) is 10.8 Å². The Morgan fingerprint density at radius 3 is 3.06 bits per heavy atom. The summed E-state index contributed by atoms with van der Waals surface area (Å²) >= 11 is 4.82. The molecular formula is C10H8BrNO3S. The molecule has 0 saturated carbocycles. The topological polar surface area (TPSA) is 63.3 Å². The second-order valence-corrected chi connectivity index (χ2v) is 5.43. The molecule has 84 valence electrons. The number of halogens is 1. The van der Waals surface area contributed by atoms with Gasteiger partial charge >= 0.3 is 5.97 Å². The highest BCUT2D eigenvalue weighted by Crippen LogP contribution is 2.32. The third-order valence-electron chi connectivity index (χ3n) is 1.96. The number of carbonyl (C=O) groups is 1. The Bertz CT molecular complexity index is 492. The van der Waals surface area contributed by atoms with E-state index < -0.39 is 5.97 Å². The summed E-state index contributed by atoms with van der Waals surface area (Å²) in [7, 11) is 0. The predicted molar refractivity (Wildman–Crippen MR) is 63.5 cm³/mol. The van der Waals surface area contributed by atoms with E-state index in [2.05, 4.69) is 20.9 Å². The lowest BCUT2D eigenvalue weighted by atomic mass is 10.2. The van der Waals surface area contributed by atoms with Crippen molar-refractivity contribution in [2.75, 3.05) is 0 Å². The highest BCUT2D eigenvalue weighted by Gasteiger charge is 2.13. The van der Waals surface area contributed by atoms with Crippen LogP contribution >= 0.6 is 27.3 Å². The minimum Gasteiger partial charge on any atom is -0.481 e. The van der Waals surface area contributed by atoms with Crippen LogP contribution in [0.4, 0.5) is 0 Å². The van der Waals surface area contributed by atoms with Gasteiger partial charge in [-0.25, -0.2) is 4.98 Å². The van der Waals surface area contributed by atoms with E-state index in [1.165, 1.54) is 11.3 Å². The zero-order valence-corrected chi connectivity index (χ0v) is 10.5. The highest BCUT2D eigenvalue weighted by atomic mass is 79.9. The summed E-state index contributed by atoms with van der Waals surface area (Å²) in [5, 5.41) is 9.36. The number of carboxylic acid groups (broad SMARTS) is 1. The molecule has 0 bridgehead atoms. The van der Waals surface area contributed by atoms with Crippen molar-refractivity contribution in [3.63, 3.8) is 0 Å². The van der Waals surface area contributed by atoms with Crippen LogP contribution in [0.3, 0.4) is 0 Å². The molecule has 4 nitrogen and oxygen atoms in total. The van der Waals surface area contributed by atoms with Gasteiger partial charge in [-0.1, -0.05) is 0 Å². The van der Waals surface area contributed by atoms with Gasteiger partial charge in [0.15, 0.2) is 10.8 Å². The van der Waals surface area contributed by atoms with Crippen LogP contribution in [0.15, 0.2) is 26.6 Å². The van der Waals surface area contributed by atoms with Gasteiger partial charge in [0, 0.05) is 6.42 Å². The summed E-state index contributed by atoms with van der Waals surface area (Å²) in [4.78, 5) is 14.8. The Morgan fingerprint density at radius 1 is 1.62 bits per heavy atom. The Balaban J connectivity index is 2.19. The molecule has 0 amide bonds. The lowest BCUT2D eigenvalue weighted by molar-refractivity contribution is -0.136. The maximum atomic E-state index is 10.5. The molecule has 2 aromatic heterocycles. The number of nitrogens with zero attached hydrogens (tertiary/aromatic N) is 1. The Labute approximate surface area is 104 Å². The van der Waals surface area contributed by atoms with E-state index >= 15 is 0 Å². The average Bonchev–Trinajstić information content (AvgIpc) is 2.83. The largest absolute Gasteiger partial charge is 0.481 e. The Morgan fingerprint density at radius 2 is 2.44 bits per heavy atom. The molecule has 16 heavy (non-hydrogen) atoms. The van der Waals surface area contributed by atoms with Gasteiger partial charge in [-0.15, -0.1) is 11.3 Å². The van der Waals surface area contributed by atoms with Crippen LogP contribution in [0.1, 0.15) is 12.1 Å². The first-order valence-electron chi connectivity index (χ1n) is 4.57. The number of furan rings is 1. The summed E-state index contributed by atoms with van der Waals surface area (Å²) in [6, 6.07) is 3.62. The molecule has 0 saturated heterocycles. The highest BCUT2D eigenvalue weighted by molar-refractivity contribution is 9.11. The lowest BCUT2D eigenvalue weighted by Crippen LogP contribution is -1.97. The van der Waals surface area contributed by atoms with E-state index in [1.54, 1.807) is 12.3 Å². The zero-order valence-electron chi connectivity index (χ0n) is 8.14. The van der Waals surface area contributed by atoms with E-state index in [9.17, 15) is 4.79 Å². The van der Waals surface area contributed by atoms with E-state index in [0.29, 0.717) is 12.2 Å². The van der Waals surface area contributed by atoms with Crippen LogP contribution in [-0.2, 0) is 11.2 Å². The average molecular weight is 302 g/mol. The fraction of sp³-hybridized carbons (Fsp3) is 0.200. The Kier molecular flexibility index (Phi) is 3.40. The lowest BCUT2D eigenvalue weighted by Gasteiger charge is -1.92. The minimum atomic E-state index is -0.820. The van der Waals surface area contributed by atoms with Crippen LogP contribution in [0.25, 0.3) is 10.8 Å². The van der Waals surface area contributed by atoms with Crippen molar-refractivity contribution in [1.82, 2.24) is 4.98 Å². The first kappa shape index (κ1) is 11.3. The number of aryl methyl sites for hydroxylation is 1.